The van der Waals surface area contributed by atoms with Gasteiger partial charge in [0.1, 0.15) is 0 Å². The van der Waals surface area contributed by atoms with Gasteiger partial charge >= 0.3 is 0 Å². The van der Waals surface area contributed by atoms with Crippen LogP contribution in [-0.2, 0) is 6.42 Å². The predicted molar refractivity (Wildman–Crippen MR) is 84.0 cm³/mol. The van der Waals surface area contributed by atoms with E-state index in [1.54, 1.807) is 0 Å². The minimum absolute atomic E-state index is 0.449. The van der Waals surface area contributed by atoms with Crippen molar-refractivity contribution in [2.24, 2.45) is 0 Å². The maximum atomic E-state index is 3.70. The van der Waals surface area contributed by atoms with Gasteiger partial charge in [-0.3, -0.25) is 0 Å². The zero-order valence-electron chi connectivity index (χ0n) is 11.2. The highest BCUT2D eigenvalue weighted by atomic mass is 32.2. The van der Waals surface area contributed by atoms with Gasteiger partial charge in [0.15, 0.2) is 0 Å². The molecule has 0 aliphatic carbocycles. The summed E-state index contributed by atoms with van der Waals surface area (Å²) in [7, 11) is 0. The summed E-state index contributed by atoms with van der Waals surface area (Å²) >= 11 is 1.97. The molecule has 0 amide bonds. The molecule has 1 heterocycles. The van der Waals surface area contributed by atoms with Gasteiger partial charge in [0.2, 0.25) is 0 Å². The lowest BCUT2D eigenvalue weighted by Crippen LogP contribution is -2.16. The third-order valence-electron chi connectivity index (χ3n) is 3.63. The average Bonchev–Trinajstić information content (AvgIpc) is 2.48. The average molecular weight is 269 g/mol. The van der Waals surface area contributed by atoms with Crippen LogP contribution < -0.4 is 5.32 Å². The molecule has 1 aliphatic rings. The molecule has 0 aromatic heterocycles. The molecule has 1 atom stereocenters. The molecule has 1 nitrogen and oxygen atoms in total. The molecule has 19 heavy (non-hydrogen) atoms. The minimum atomic E-state index is 0.449. The van der Waals surface area contributed by atoms with E-state index < -0.39 is 0 Å². The van der Waals surface area contributed by atoms with Gasteiger partial charge in [-0.15, -0.1) is 11.8 Å². The van der Waals surface area contributed by atoms with Crippen molar-refractivity contribution in [2.45, 2.75) is 30.7 Å². The summed E-state index contributed by atoms with van der Waals surface area (Å²) in [5.74, 6) is 1.20. The number of fused-ring (bicyclic) bond motifs is 1. The van der Waals surface area contributed by atoms with Crippen molar-refractivity contribution < 1.29 is 0 Å². The van der Waals surface area contributed by atoms with E-state index in [9.17, 15) is 0 Å². The first-order valence-corrected chi connectivity index (χ1v) is 7.92. The first-order valence-electron chi connectivity index (χ1n) is 6.94. The van der Waals surface area contributed by atoms with Crippen LogP contribution in [0.5, 0.6) is 0 Å². The second-order valence-corrected chi connectivity index (χ2v) is 6.06. The smallest absolute Gasteiger partial charge is 0.0532 e. The van der Waals surface area contributed by atoms with E-state index in [4.69, 9.17) is 0 Å². The molecule has 0 radical (unpaired) electrons. The van der Waals surface area contributed by atoms with E-state index in [0.717, 1.165) is 6.42 Å². The first kappa shape index (κ1) is 12.6. The second kappa shape index (κ2) is 5.70. The first-order chi connectivity index (χ1) is 9.36. The van der Waals surface area contributed by atoms with Crippen LogP contribution in [0.3, 0.4) is 0 Å². The van der Waals surface area contributed by atoms with E-state index in [2.05, 4.69) is 60.8 Å². The number of rotatable bonds is 3. The summed E-state index contributed by atoms with van der Waals surface area (Å²) in [6.07, 6.45) is 2.28. The van der Waals surface area contributed by atoms with E-state index in [1.807, 2.05) is 11.8 Å². The lowest BCUT2D eigenvalue weighted by molar-refractivity contribution is 0.728. The number of hydrogen-bond donors (Lipinski definition) is 1. The SMILES string of the molecule is CCc1cccc(NC2CCSc3ccccc32)c1. The summed E-state index contributed by atoms with van der Waals surface area (Å²) in [5, 5.41) is 3.70. The molecular formula is C17H19NS. The fourth-order valence-electron chi connectivity index (χ4n) is 2.57. The highest BCUT2D eigenvalue weighted by Crippen LogP contribution is 2.37. The Labute approximate surface area is 119 Å². The number of thioether (sulfide) groups is 1. The fourth-order valence-corrected chi connectivity index (χ4v) is 3.70. The number of hydrogen-bond acceptors (Lipinski definition) is 2. The predicted octanol–water partition coefficient (Wildman–Crippen LogP) is 4.90. The Bertz CT molecular complexity index is 565. The van der Waals surface area contributed by atoms with Gasteiger partial charge < -0.3 is 5.32 Å². The lowest BCUT2D eigenvalue weighted by atomic mass is 10.0. The third-order valence-corrected chi connectivity index (χ3v) is 4.76. The molecule has 0 bridgehead atoms. The highest BCUT2D eigenvalue weighted by molar-refractivity contribution is 7.99. The standard InChI is InChI=1S/C17H19NS/c1-2-13-6-5-7-14(12-13)18-16-10-11-19-17-9-4-3-8-15(16)17/h3-9,12,16,18H,2,10-11H2,1H3. The molecule has 2 aromatic rings. The molecular weight excluding hydrogens is 250 g/mol. The fraction of sp³-hybridized carbons (Fsp3) is 0.294. The molecule has 1 aliphatic heterocycles. The van der Waals surface area contributed by atoms with Crippen LogP contribution in [0.1, 0.15) is 30.5 Å². The van der Waals surface area contributed by atoms with E-state index in [-0.39, 0.29) is 0 Å². The summed E-state index contributed by atoms with van der Waals surface area (Å²) < 4.78 is 0. The van der Waals surface area contributed by atoms with Gasteiger partial charge in [-0.1, -0.05) is 37.3 Å². The van der Waals surface area contributed by atoms with Crippen LogP contribution in [0.4, 0.5) is 5.69 Å². The number of anilines is 1. The molecule has 3 rings (SSSR count). The normalized spacial score (nSPS) is 17.8. The van der Waals surface area contributed by atoms with Crippen molar-refractivity contribution in [3.05, 3.63) is 59.7 Å². The largest absolute Gasteiger partial charge is 0.378 e. The Morgan fingerprint density at radius 2 is 2.05 bits per heavy atom. The summed E-state index contributed by atoms with van der Waals surface area (Å²) in [6, 6.07) is 18.0. The van der Waals surface area contributed by atoms with Gasteiger partial charge in [0.05, 0.1) is 6.04 Å². The summed E-state index contributed by atoms with van der Waals surface area (Å²) in [6.45, 7) is 2.20. The van der Waals surface area contributed by atoms with E-state index >= 15 is 0 Å². The zero-order valence-corrected chi connectivity index (χ0v) is 12.0. The van der Waals surface area contributed by atoms with Crippen molar-refractivity contribution in [3.8, 4) is 0 Å². The van der Waals surface area contributed by atoms with Crippen LogP contribution in [0.15, 0.2) is 53.4 Å². The van der Waals surface area contributed by atoms with E-state index in [0.29, 0.717) is 6.04 Å². The van der Waals surface area contributed by atoms with Crippen LogP contribution in [0.25, 0.3) is 0 Å². The Hall–Kier alpha value is -1.41. The minimum Gasteiger partial charge on any atom is -0.378 e. The van der Waals surface area contributed by atoms with Crippen LogP contribution in [0, 0.1) is 0 Å². The van der Waals surface area contributed by atoms with Gasteiger partial charge in [0.25, 0.3) is 0 Å². The molecule has 0 saturated carbocycles. The van der Waals surface area contributed by atoms with Gasteiger partial charge in [-0.2, -0.15) is 0 Å². The lowest BCUT2D eigenvalue weighted by Gasteiger charge is -2.27. The monoisotopic (exact) mass is 269 g/mol. The molecule has 2 heteroatoms. The van der Waals surface area contributed by atoms with Gasteiger partial charge in [-0.25, -0.2) is 0 Å². The van der Waals surface area contributed by atoms with Crippen LogP contribution in [0.2, 0.25) is 0 Å². The summed E-state index contributed by atoms with van der Waals surface area (Å²) in [4.78, 5) is 1.43. The van der Waals surface area contributed by atoms with E-state index in [1.165, 1.54) is 33.9 Å². The molecule has 98 valence electrons. The van der Waals surface area contributed by atoms with Crippen molar-refractivity contribution in [1.82, 2.24) is 0 Å². The van der Waals surface area contributed by atoms with Gasteiger partial charge in [0, 0.05) is 16.3 Å². The maximum Gasteiger partial charge on any atom is 0.0532 e. The number of benzene rings is 2. The molecule has 1 N–H and O–H groups in total. The van der Waals surface area contributed by atoms with Crippen molar-refractivity contribution in [3.63, 3.8) is 0 Å². The zero-order chi connectivity index (χ0) is 13.1. The maximum absolute atomic E-state index is 3.70. The molecule has 2 aromatic carbocycles. The number of nitrogens with one attached hydrogen (secondary N) is 1. The van der Waals surface area contributed by atoms with Gasteiger partial charge in [-0.05, 0) is 42.2 Å². The van der Waals surface area contributed by atoms with Crippen molar-refractivity contribution in [2.75, 3.05) is 11.1 Å². The Morgan fingerprint density at radius 3 is 2.95 bits per heavy atom. The number of aryl methyl sites for hydroxylation is 1. The third kappa shape index (κ3) is 2.79. The summed E-state index contributed by atoms with van der Waals surface area (Å²) in [5.41, 5.74) is 4.08. The highest BCUT2D eigenvalue weighted by Gasteiger charge is 2.19. The second-order valence-electron chi connectivity index (χ2n) is 4.93. The molecule has 0 fully saturated rings. The topological polar surface area (TPSA) is 12.0 Å². The quantitative estimate of drug-likeness (QED) is 0.850. The van der Waals surface area contributed by atoms with Crippen LogP contribution >= 0.6 is 11.8 Å². The Morgan fingerprint density at radius 1 is 1.16 bits per heavy atom. The molecule has 1 unspecified atom stereocenters. The van der Waals surface area contributed by atoms with Crippen molar-refractivity contribution >= 4 is 17.4 Å². The molecule has 0 spiro atoms. The Kier molecular flexibility index (Phi) is 3.79. The molecule has 0 saturated heterocycles. The Balaban J connectivity index is 1.84. The van der Waals surface area contributed by atoms with Crippen molar-refractivity contribution in [1.29, 1.82) is 0 Å². The van der Waals surface area contributed by atoms with Crippen LogP contribution in [-0.4, -0.2) is 5.75 Å².